The van der Waals surface area contributed by atoms with Gasteiger partial charge >= 0.3 is 0 Å². The topological polar surface area (TPSA) is 66.5 Å². The first kappa shape index (κ1) is 21.6. The fraction of sp³-hybridized carbons (Fsp3) is 0.208. The highest BCUT2D eigenvalue weighted by Crippen LogP contribution is 2.29. The minimum atomic E-state index is -3.87. The minimum Gasteiger partial charge on any atom is -0.351 e. The summed E-state index contributed by atoms with van der Waals surface area (Å²) in [6.45, 7) is 2.23. The third-order valence-corrected chi connectivity index (χ3v) is 7.73. The van der Waals surface area contributed by atoms with E-state index in [1.54, 1.807) is 24.3 Å². The van der Waals surface area contributed by atoms with E-state index in [0.717, 1.165) is 22.3 Å². The lowest BCUT2D eigenvalue weighted by Gasteiger charge is -2.35. The summed E-state index contributed by atoms with van der Waals surface area (Å²) >= 11 is 6.20. The van der Waals surface area contributed by atoms with Crippen LogP contribution in [0.4, 0.5) is 0 Å². The standard InChI is InChI=1S/C24H23ClN2O3S/c1-17-7-6-11-21(13-17)31(29,30)27-16-20-10-3-2-8-18(20)14-23(27)24(28)26-15-19-9-4-5-12-22(19)25/h2-13,23H,14-16H2,1H3,(H,26,28). The Morgan fingerprint density at radius 3 is 2.48 bits per heavy atom. The van der Waals surface area contributed by atoms with Crippen LogP contribution >= 0.6 is 11.6 Å². The lowest BCUT2D eigenvalue weighted by atomic mass is 9.95. The maximum atomic E-state index is 13.5. The van der Waals surface area contributed by atoms with E-state index in [1.165, 1.54) is 4.31 Å². The van der Waals surface area contributed by atoms with Crippen molar-refractivity contribution in [3.63, 3.8) is 0 Å². The zero-order chi connectivity index (χ0) is 22.0. The van der Waals surface area contributed by atoms with Crippen LogP contribution in [0.15, 0.2) is 77.7 Å². The van der Waals surface area contributed by atoms with Crippen molar-refractivity contribution in [2.45, 2.75) is 37.4 Å². The maximum Gasteiger partial charge on any atom is 0.244 e. The van der Waals surface area contributed by atoms with E-state index < -0.39 is 16.1 Å². The number of hydrogen-bond donors (Lipinski definition) is 1. The molecule has 1 aliphatic rings. The molecule has 0 bridgehead atoms. The highest BCUT2D eigenvalue weighted by molar-refractivity contribution is 7.89. The van der Waals surface area contributed by atoms with Gasteiger partial charge in [0.1, 0.15) is 6.04 Å². The van der Waals surface area contributed by atoms with Crippen molar-refractivity contribution in [3.8, 4) is 0 Å². The number of nitrogens with zero attached hydrogens (tertiary/aromatic N) is 1. The zero-order valence-corrected chi connectivity index (χ0v) is 18.7. The molecule has 4 rings (SSSR count). The molecule has 7 heteroatoms. The van der Waals surface area contributed by atoms with Crippen LogP contribution in [0, 0.1) is 6.92 Å². The molecule has 1 amide bonds. The lowest BCUT2D eigenvalue weighted by molar-refractivity contribution is -0.125. The van der Waals surface area contributed by atoms with Crippen molar-refractivity contribution in [1.29, 1.82) is 0 Å². The van der Waals surface area contributed by atoms with E-state index in [0.29, 0.717) is 11.4 Å². The summed E-state index contributed by atoms with van der Waals surface area (Å²) in [7, 11) is -3.87. The molecule has 1 unspecified atom stereocenters. The number of halogens is 1. The molecule has 3 aromatic carbocycles. The van der Waals surface area contributed by atoms with Crippen molar-refractivity contribution < 1.29 is 13.2 Å². The van der Waals surface area contributed by atoms with Gasteiger partial charge < -0.3 is 5.32 Å². The van der Waals surface area contributed by atoms with Crippen LogP contribution < -0.4 is 5.32 Å². The van der Waals surface area contributed by atoms with Crippen LogP contribution in [0.1, 0.15) is 22.3 Å². The second-order valence-corrected chi connectivity index (χ2v) is 9.96. The Balaban J connectivity index is 1.66. The van der Waals surface area contributed by atoms with Crippen LogP contribution in [0.5, 0.6) is 0 Å². The van der Waals surface area contributed by atoms with Gasteiger partial charge in [0.05, 0.1) is 4.90 Å². The Morgan fingerprint density at radius 1 is 1.03 bits per heavy atom. The summed E-state index contributed by atoms with van der Waals surface area (Å²) in [6, 6.07) is 20.8. The van der Waals surface area contributed by atoms with Crippen LogP contribution in [0.3, 0.4) is 0 Å². The van der Waals surface area contributed by atoms with E-state index in [1.807, 2.05) is 55.5 Å². The van der Waals surface area contributed by atoms with E-state index in [4.69, 9.17) is 11.6 Å². The summed E-state index contributed by atoms with van der Waals surface area (Å²) in [6.07, 6.45) is 0.315. The van der Waals surface area contributed by atoms with Crippen LogP contribution in [-0.2, 0) is 34.3 Å². The van der Waals surface area contributed by atoms with Gasteiger partial charge in [-0.15, -0.1) is 0 Å². The van der Waals surface area contributed by atoms with Crippen molar-refractivity contribution in [3.05, 3.63) is 100 Å². The van der Waals surface area contributed by atoms with Gasteiger partial charge in [-0.2, -0.15) is 4.31 Å². The van der Waals surface area contributed by atoms with Gasteiger partial charge in [0.2, 0.25) is 15.9 Å². The maximum absolute atomic E-state index is 13.5. The van der Waals surface area contributed by atoms with Crippen molar-refractivity contribution in [2.24, 2.45) is 0 Å². The molecule has 0 saturated heterocycles. The molecule has 1 heterocycles. The van der Waals surface area contributed by atoms with Crippen molar-refractivity contribution in [1.82, 2.24) is 9.62 Å². The molecular formula is C24H23ClN2O3S. The molecule has 0 fully saturated rings. The van der Waals surface area contributed by atoms with E-state index in [-0.39, 0.29) is 23.9 Å². The highest BCUT2D eigenvalue weighted by Gasteiger charge is 2.39. The van der Waals surface area contributed by atoms with Crippen molar-refractivity contribution in [2.75, 3.05) is 0 Å². The number of nitrogens with one attached hydrogen (secondary N) is 1. The molecule has 0 aromatic heterocycles. The summed E-state index contributed by atoms with van der Waals surface area (Å²) in [4.78, 5) is 13.4. The number of carbonyl (C=O) groups is 1. The van der Waals surface area contributed by atoms with Crippen molar-refractivity contribution >= 4 is 27.5 Å². The number of amides is 1. The Morgan fingerprint density at radius 2 is 1.74 bits per heavy atom. The molecule has 1 aliphatic heterocycles. The third kappa shape index (κ3) is 4.51. The first-order valence-corrected chi connectivity index (χ1v) is 11.8. The monoisotopic (exact) mass is 454 g/mol. The SMILES string of the molecule is Cc1cccc(S(=O)(=O)N2Cc3ccccc3CC2C(=O)NCc2ccccc2Cl)c1. The molecule has 1 atom stereocenters. The normalized spacial score (nSPS) is 16.5. The van der Waals surface area contributed by atoms with Crippen LogP contribution in [-0.4, -0.2) is 24.7 Å². The zero-order valence-electron chi connectivity index (χ0n) is 17.1. The molecular weight excluding hydrogens is 432 g/mol. The molecule has 0 radical (unpaired) electrons. The predicted molar refractivity (Wildman–Crippen MR) is 121 cm³/mol. The molecule has 1 N–H and O–H groups in total. The smallest absolute Gasteiger partial charge is 0.244 e. The molecule has 31 heavy (non-hydrogen) atoms. The molecule has 3 aromatic rings. The quantitative estimate of drug-likeness (QED) is 0.631. The second-order valence-electron chi connectivity index (χ2n) is 7.66. The second kappa shape index (κ2) is 8.83. The Bertz CT molecular complexity index is 1230. The minimum absolute atomic E-state index is 0.149. The molecule has 0 spiro atoms. The van der Waals surface area contributed by atoms with Gasteiger partial charge in [0.15, 0.2) is 0 Å². The average molecular weight is 455 g/mol. The first-order chi connectivity index (χ1) is 14.9. The summed E-state index contributed by atoms with van der Waals surface area (Å²) in [5.41, 5.74) is 3.52. The van der Waals surface area contributed by atoms with E-state index >= 15 is 0 Å². The van der Waals surface area contributed by atoms with Gasteiger partial charge in [0.25, 0.3) is 0 Å². The highest BCUT2D eigenvalue weighted by atomic mass is 35.5. The van der Waals surface area contributed by atoms with Crippen LogP contribution in [0.25, 0.3) is 0 Å². The van der Waals surface area contributed by atoms with E-state index in [2.05, 4.69) is 5.32 Å². The summed E-state index contributed by atoms with van der Waals surface area (Å²) in [5.74, 6) is -0.342. The predicted octanol–water partition coefficient (Wildman–Crippen LogP) is 4.08. The lowest BCUT2D eigenvalue weighted by Crippen LogP contribution is -2.52. The largest absolute Gasteiger partial charge is 0.351 e. The van der Waals surface area contributed by atoms with Gasteiger partial charge in [-0.1, -0.05) is 66.2 Å². The average Bonchev–Trinajstić information content (AvgIpc) is 2.77. The van der Waals surface area contributed by atoms with E-state index in [9.17, 15) is 13.2 Å². The number of carbonyl (C=O) groups excluding carboxylic acids is 1. The Hall–Kier alpha value is -2.67. The Kier molecular flexibility index (Phi) is 6.14. The third-order valence-electron chi connectivity index (χ3n) is 5.52. The number of fused-ring (bicyclic) bond motifs is 1. The fourth-order valence-electron chi connectivity index (χ4n) is 3.83. The van der Waals surface area contributed by atoms with Gasteiger partial charge in [-0.25, -0.2) is 8.42 Å². The summed E-state index contributed by atoms with van der Waals surface area (Å²) < 4.78 is 28.3. The van der Waals surface area contributed by atoms with Gasteiger partial charge in [-0.05, 0) is 53.8 Å². The van der Waals surface area contributed by atoms with Gasteiger partial charge in [0, 0.05) is 18.1 Å². The first-order valence-electron chi connectivity index (χ1n) is 10.0. The fourth-order valence-corrected chi connectivity index (χ4v) is 5.70. The Labute approximate surface area is 187 Å². The van der Waals surface area contributed by atoms with Gasteiger partial charge in [-0.3, -0.25) is 4.79 Å². The molecule has 160 valence electrons. The molecule has 0 saturated carbocycles. The number of aryl methyl sites for hydroxylation is 1. The number of sulfonamides is 1. The molecule has 5 nitrogen and oxygen atoms in total. The number of rotatable bonds is 5. The number of hydrogen-bond acceptors (Lipinski definition) is 3. The number of benzene rings is 3. The van der Waals surface area contributed by atoms with Crippen LogP contribution in [0.2, 0.25) is 5.02 Å². The molecule has 0 aliphatic carbocycles. The summed E-state index contributed by atoms with van der Waals surface area (Å²) in [5, 5.41) is 3.43.